The lowest BCUT2D eigenvalue weighted by Crippen LogP contribution is -2.33. The van der Waals surface area contributed by atoms with Crippen LogP contribution in [-0.4, -0.2) is 45.8 Å². The molecule has 0 aliphatic heterocycles. The molecule has 0 saturated carbocycles. The quantitative estimate of drug-likeness (QED) is 0.319. The van der Waals surface area contributed by atoms with Crippen molar-refractivity contribution >= 4 is 0 Å². The average Bonchev–Trinajstić information content (AvgIpc) is 1.98. The van der Waals surface area contributed by atoms with E-state index in [0.29, 0.717) is 0 Å². The van der Waals surface area contributed by atoms with Crippen LogP contribution in [-0.2, 0) is 4.84 Å². The van der Waals surface area contributed by atoms with Crippen LogP contribution in [0.1, 0.15) is 0 Å². The van der Waals surface area contributed by atoms with Crippen LogP contribution in [0.2, 0.25) is 0 Å². The summed E-state index contributed by atoms with van der Waals surface area (Å²) in [6.45, 7) is -1.31. The van der Waals surface area contributed by atoms with Crippen molar-refractivity contribution in [2.24, 2.45) is 0 Å². The lowest BCUT2D eigenvalue weighted by molar-refractivity contribution is -0.759. The zero-order chi connectivity index (χ0) is 8.85. The predicted octanol–water partition coefficient (Wildman–Crippen LogP) is -2.09. The van der Waals surface area contributed by atoms with E-state index in [0.717, 1.165) is 0 Å². The van der Waals surface area contributed by atoms with Gasteiger partial charge in [-0.15, -0.1) is 10.1 Å². The second kappa shape index (κ2) is 4.83. The van der Waals surface area contributed by atoms with Gasteiger partial charge in [-0.05, 0) is 0 Å². The third-order valence-electron chi connectivity index (χ3n) is 0.982. The number of aliphatic hydroxyl groups excluding tert-OH is 3. The van der Waals surface area contributed by atoms with E-state index in [4.69, 9.17) is 15.3 Å². The summed E-state index contributed by atoms with van der Waals surface area (Å²) in [6.07, 6.45) is -2.85. The summed E-state index contributed by atoms with van der Waals surface area (Å²) in [4.78, 5) is 13.3. The van der Waals surface area contributed by atoms with Crippen molar-refractivity contribution in [3.63, 3.8) is 0 Å². The van der Waals surface area contributed by atoms with E-state index < -0.39 is 30.5 Å². The van der Waals surface area contributed by atoms with Gasteiger partial charge in [0.25, 0.3) is 5.09 Å². The highest BCUT2D eigenvalue weighted by atomic mass is 17.0. The molecular formula is C4H9NO6. The van der Waals surface area contributed by atoms with Gasteiger partial charge in [0.2, 0.25) is 0 Å². The molecule has 0 fully saturated rings. The van der Waals surface area contributed by atoms with Crippen LogP contribution in [0.25, 0.3) is 0 Å². The smallest absolute Gasteiger partial charge is 0.294 e. The van der Waals surface area contributed by atoms with Gasteiger partial charge in [0.05, 0.1) is 6.61 Å². The minimum Gasteiger partial charge on any atom is -0.394 e. The fraction of sp³-hybridized carbons (Fsp3) is 1.00. The van der Waals surface area contributed by atoms with Crippen LogP contribution >= 0.6 is 0 Å². The van der Waals surface area contributed by atoms with Crippen molar-refractivity contribution < 1.29 is 25.2 Å². The molecule has 0 amide bonds. The van der Waals surface area contributed by atoms with Crippen LogP contribution in [0.4, 0.5) is 0 Å². The van der Waals surface area contributed by atoms with Crippen LogP contribution in [0.3, 0.4) is 0 Å². The molecule has 0 aromatic carbocycles. The van der Waals surface area contributed by atoms with Gasteiger partial charge in [0.15, 0.2) is 0 Å². The lowest BCUT2D eigenvalue weighted by Gasteiger charge is -2.13. The van der Waals surface area contributed by atoms with Gasteiger partial charge in [-0.25, -0.2) is 0 Å². The number of hydrogen-bond donors (Lipinski definition) is 3. The molecule has 0 unspecified atom stereocenters. The van der Waals surface area contributed by atoms with Crippen molar-refractivity contribution in [1.82, 2.24) is 0 Å². The summed E-state index contributed by atoms with van der Waals surface area (Å²) in [7, 11) is 0. The molecule has 0 aliphatic carbocycles. The zero-order valence-electron chi connectivity index (χ0n) is 5.58. The molecule has 0 rings (SSSR count). The normalized spacial score (nSPS) is 15.5. The Morgan fingerprint density at radius 3 is 2.36 bits per heavy atom. The molecule has 11 heavy (non-hydrogen) atoms. The van der Waals surface area contributed by atoms with Gasteiger partial charge >= 0.3 is 0 Å². The molecule has 0 radical (unpaired) electrons. The second-order valence-electron chi connectivity index (χ2n) is 1.84. The Labute approximate surface area is 61.9 Å². The molecule has 0 heterocycles. The fourth-order valence-corrected chi connectivity index (χ4v) is 0.370. The minimum absolute atomic E-state index is 0.644. The lowest BCUT2D eigenvalue weighted by atomic mass is 10.2. The Bertz CT molecular complexity index is 128. The van der Waals surface area contributed by atoms with E-state index in [-0.39, 0.29) is 0 Å². The molecule has 2 atom stereocenters. The maximum absolute atomic E-state index is 9.54. The minimum atomic E-state index is -1.44. The van der Waals surface area contributed by atoms with Crippen molar-refractivity contribution in [2.45, 2.75) is 12.2 Å². The molecule has 0 spiro atoms. The van der Waals surface area contributed by atoms with Gasteiger partial charge < -0.3 is 20.2 Å². The van der Waals surface area contributed by atoms with Crippen molar-refractivity contribution in [1.29, 1.82) is 0 Å². The van der Waals surface area contributed by atoms with Crippen LogP contribution in [0, 0.1) is 10.1 Å². The number of hydrogen-bond acceptors (Lipinski definition) is 6. The predicted molar refractivity (Wildman–Crippen MR) is 32.0 cm³/mol. The third kappa shape index (κ3) is 4.48. The van der Waals surface area contributed by atoms with Crippen molar-refractivity contribution in [3.8, 4) is 0 Å². The van der Waals surface area contributed by atoms with Gasteiger partial charge in [-0.1, -0.05) is 0 Å². The zero-order valence-corrected chi connectivity index (χ0v) is 5.58. The molecule has 7 nitrogen and oxygen atoms in total. The Balaban J connectivity index is 3.51. The van der Waals surface area contributed by atoms with E-state index in [1.54, 1.807) is 0 Å². The first-order valence-corrected chi connectivity index (χ1v) is 2.82. The Morgan fingerprint density at radius 2 is 2.00 bits per heavy atom. The average molecular weight is 167 g/mol. The van der Waals surface area contributed by atoms with Gasteiger partial charge in [-0.2, -0.15) is 0 Å². The van der Waals surface area contributed by atoms with Crippen LogP contribution < -0.4 is 0 Å². The molecule has 0 aliphatic rings. The first-order chi connectivity index (χ1) is 5.07. The summed E-state index contributed by atoms with van der Waals surface area (Å²) in [5.74, 6) is 0. The van der Waals surface area contributed by atoms with Gasteiger partial charge in [-0.3, -0.25) is 0 Å². The number of nitrogens with zero attached hydrogens (tertiary/aromatic N) is 1. The van der Waals surface area contributed by atoms with Crippen LogP contribution in [0.5, 0.6) is 0 Å². The second-order valence-corrected chi connectivity index (χ2v) is 1.84. The maximum Gasteiger partial charge on any atom is 0.294 e. The highest BCUT2D eigenvalue weighted by Crippen LogP contribution is 1.92. The molecule has 3 N–H and O–H groups in total. The van der Waals surface area contributed by atoms with E-state index >= 15 is 0 Å². The summed E-state index contributed by atoms with van der Waals surface area (Å²) in [6, 6.07) is 0. The fourth-order valence-electron chi connectivity index (χ4n) is 0.370. The maximum atomic E-state index is 9.54. The first-order valence-electron chi connectivity index (χ1n) is 2.82. The number of aliphatic hydroxyl groups is 3. The van der Waals surface area contributed by atoms with E-state index in [1.807, 2.05) is 0 Å². The first kappa shape index (κ1) is 10.1. The summed E-state index contributed by atoms with van der Waals surface area (Å²) < 4.78 is 0. The molecule has 66 valence electrons. The van der Waals surface area contributed by atoms with Gasteiger partial charge in [0.1, 0.15) is 18.8 Å². The highest BCUT2D eigenvalue weighted by molar-refractivity contribution is 4.63. The summed E-state index contributed by atoms with van der Waals surface area (Å²) in [5.41, 5.74) is 0. The molecule has 0 bridgehead atoms. The monoisotopic (exact) mass is 167 g/mol. The van der Waals surface area contributed by atoms with E-state index in [1.165, 1.54) is 0 Å². The standard InChI is InChI=1S/C4H9NO6/c6-1-3(7)4(8)2-11-5(9)10/h3-4,6-8H,1-2H2/t3-,4+/m0/s1. The third-order valence-corrected chi connectivity index (χ3v) is 0.982. The van der Waals surface area contributed by atoms with E-state index in [9.17, 15) is 10.1 Å². The molecule has 0 aromatic rings. The highest BCUT2D eigenvalue weighted by Gasteiger charge is 2.16. The van der Waals surface area contributed by atoms with Crippen LogP contribution in [0.15, 0.2) is 0 Å². The Kier molecular flexibility index (Phi) is 4.42. The molecule has 7 heteroatoms. The molecular weight excluding hydrogens is 158 g/mol. The summed E-state index contributed by atoms with van der Waals surface area (Å²) >= 11 is 0. The topological polar surface area (TPSA) is 113 Å². The Hall–Kier alpha value is -0.920. The Morgan fingerprint density at radius 1 is 1.45 bits per heavy atom. The van der Waals surface area contributed by atoms with Gasteiger partial charge in [0, 0.05) is 0 Å². The molecule has 0 saturated heterocycles. The number of rotatable bonds is 5. The summed E-state index contributed by atoms with van der Waals surface area (Å²) in [5, 5.41) is 34.1. The molecule has 0 aromatic heterocycles. The van der Waals surface area contributed by atoms with Crippen molar-refractivity contribution in [2.75, 3.05) is 13.2 Å². The van der Waals surface area contributed by atoms with E-state index in [2.05, 4.69) is 4.84 Å². The SMILES string of the molecule is O=[N+]([O-])OC[C@@H](O)[C@@H](O)CO. The largest absolute Gasteiger partial charge is 0.394 e. The van der Waals surface area contributed by atoms with Crippen molar-refractivity contribution in [3.05, 3.63) is 10.1 Å².